The number of rotatable bonds is 4. The van der Waals surface area contributed by atoms with Crippen LogP contribution in [0.3, 0.4) is 0 Å². The van der Waals surface area contributed by atoms with Crippen molar-refractivity contribution < 1.29 is 8.91 Å². The molecule has 0 fully saturated rings. The molecule has 0 aliphatic heterocycles. The molecule has 0 radical (unpaired) electrons. The second-order valence-corrected chi connectivity index (χ2v) is 4.60. The maximum Gasteiger partial charge on any atom is 0.226 e. The molecule has 2 rings (SSSR count). The SMILES string of the molecule is CCc1nc(CNc2ccc(F)cc2I)no1. The van der Waals surface area contributed by atoms with E-state index in [-0.39, 0.29) is 5.82 Å². The highest BCUT2D eigenvalue weighted by molar-refractivity contribution is 14.1. The Kier molecular flexibility index (Phi) is 3.93. The van der Waals surface area contributed by atoms with E-state index in [9.17, 15) is 4.39 Å². The van der Waals surface area contributed by atoms with Crippen LogP contribution in [0.2, 0.25) is 0 Å². The van der Waals surface area contributed by atoms with Gasteiger partial charge in [0.2, 0.25) is 5.89 Å². The van der Waals surface area contributed by atoms with E-state index in [2.05, 4.69) is 38.0 Å². The summed E-state index contributed by atoms with van der Waals surface area (Å²) in [5.74, 6) is 0.977. The van der Waals surface area contributed by atoms with Gasteiger partial charge in [-0.25, -0.2) is 4.39 Å². The van der Waals surface area contributed by atoms with Gasteiger partial charge in [-0.2, -0.15) is 4.98 Å². The van der Waals surface area contributed by atoms with Crippen LogP contribution in [0, 0.1) is 9.39 Å². The molecule has 0 saturated heterocycles. The van der Waals surface area contributed by atoms with Crippen LogP contribution in [-0.2, 0) is 13.0 Å². The summed E-state index contributed by atoms with van der Waals surface area (Å²) in [5, 5.41) is 6.96. The average molecular weight is 347 g/mol. The molecule has 17 heavy (non-hydrogen) atoms. The van der Waals surface area contributed by atoms with E-state index >= 15 is 0 Å². The Morgan fingerprint density at radius 2 is 2.29 bits per heavy atom. The molecule has 0 bridgehead atoms. The summed E-state index contributed by atoms with van der Waals surface area (Å²) in [6, 6.07) is 4.58. The molecule has 0 aliphatic carbocycles. The Hall–Kier alpha value is -1.18. The molecule has 0 amide bonds. The fraction of sp³-hybridized carbons (Fsp3) is 0.273. The third-order valence-corrected chi connectivity index (χ3v) is 3.07. The lowest BCUT2D eigenvalue weighted by molar-refractivity contribution is 0.377. The van der Waals surface area contributed by atoms with Gasteiger partial charge in [0.25, 0.3) is 0 Å². The monoisotopic (exact) mass is 347 g/mol. The van der Waals surface area contributed by atoms with Crippen molar-refractivity contribution in [3.8, 4) is 0 Å². The Bertz CT molecular complexity index is 515. The minimum absolute atomic E-state index is 0.243. The molecule has 2 aromatic rings. The minimum Gasteiger partial charge on any atom is -0.377 e. The summed E-state index contributed by atoms with van der Waals surface area (Å²) >= 11 is 2.07. The molecular weight excluding hydrogens is 336 g/mol. The van der Waals surface area contributed by atoms with E-state index < -0.39 is 0 Å². The first kappa shape index (κ1) is 12.3. The molecule has 0 aliphatic rings. The van der Waals surface area contributed by atoms with Gasteiger partial charge in [0.15, 0.2) is 5.82 Å². The largest absolute Gasteiger partial charge is 0.377 e. The topological polar surface area (TPSA) is 51.0 Å². The minimum atomic E-state index is -0.243. The average Bonchev–Trinajstić information content (AvgIpc) is 2.76. The first-order valence-corrected chi connectivity index (χ1v) is 6.27. The van der Waals surface area contributed by atoms with E-state index in [4.69, 9.17) is 4.52 Å². The molecule has 90 valence electrons. The standard InChI is InChI=1S/C11H11FIN3O/c1-2-11-15-10(16-17-11)6-14-9-4-3-7(12)5-8(9)13/h3-5,14H,2,6H2,1H3. The molecule has 0 unspecified atom stereocenters. The molecule has 4 nitrogen and oxygen atoms in total. The normalized spacial score (nSPS) is 10.5. The van der Waals surface area contributed by atoms with Gasteiger partial charge in [-0.3, -0.25) is 0 Å². The van der Waals surface area contributed by atoms with Crippen LogP contribution < -0.4 is 5.32 Å². The summed E-state index contributed by atoms with van der Waals surface area (Å²) in [6.07, 6.45) is 0.723. The number of benzene rings is 1. The zero-order chi connectivity index (χ0) is 12.3. The summed E-state index contributed by atoms with van der Waals surface area (Å²) in [4.78, 5) is 4.17. The number of anilines is 1. The van der Waals surface area contributed by atoms with Crippen molar-refractivity contribution >= 4 is 28.3 Å². The third kappa shape index (κ3) is 3.15. The van der Waals surface area contributed by atoms with Crippen LogP contribution in [0.15, 0.2) is 22.7 Å². The van der Waals surface area contributed by atoms with Gasteiger partial charge in [0, 0.05) is 15.7 Å². The molecular formula is C11H11FIN3O. The number of nitrogens with zero attached hydrogens (tertiary/aromatic N) is 2. The first-order chi connectivity index (χ1) is 8.19. The van der Waals surface area contributed by atoms with Gasteiger partial charge in [-0.1, -0.05) is 12.1 Å². The zero-order valence-corrected chi connectivity index (χ0v) is 11.4. The smallest absolute Gasteiger partial charge is 0.226 e. The van der Waals surface area contributed by atoms with Gasteiger partial charge in [0.1, 0.15) is 5.82 Å². The third-order valence-electron chi connectivity index (χ3n) is 2.18. The molecule has 0 atom stereocenters. The predicted octanol–water partition coefficient (Wildman–Crippen LogP) is 2.99. The second-order valence-electron chi connectivity index (χ2n) is 3.44. The van der Waals surface area contributed by atoms with Gasteiger partial charge in [0.05, 0.1) is 6.54 Å². The fourth-order valence-electron chi connectivity index (χ4n) is 1.31. The second kappa shape index (κ2) is 5.44. The summed E-state index contributed by atoms with van der Waals surface area (Å²) in [5.41, 5.74) is 0.856. The van der Waals surface area contributed by atoms with Crippen LogP contribution in [-0.4, -0.2) is 10.1 Å². The summed E-state index contributed by atoms with van der Waals surface area (Å²) in [6.45, 7) is 2.42. The molecule has 1 aromatic carbocycles. The van der Waals surface area contributed by atoms with Crippen LogP contribution in [0.25, 0.3) is 0 Å². The maximum absolute atomic E-state index is 12.9. The van der Waals surface area contributed by atoms with Crippen LogP contribution >= 0.6 is 22.6 Å². The highest BCUT2D eigenvalue weighted by Gasteiger charge is 2.05. The maximum atomic E-state index is 12.9. The molecule has 0 spiro atoms. The summed E-state index contributed by atoms with van der Waals surface area (Å²) < 4.78 is 18.7. The van der Waals surface area contributed by atoms with E-state index in [1.54, 1.807) is 6.07 Å². The molecule has 1 heterocycles. The lowest BCUT2D eigenvalue weighted by Gasteiger charge is -2.05. The van der Waals surface area contributed by atoms with Crippen molar-refractivity contribution in [1.29, 1.82) is 0 Å². The Morgan fingerprint density at radius 1 is 1.47 bits per heavy atom. The van der Waals surface area contributed by atoms with E-state index in [0.717, 1.165) is 15.7 Å². The fourth-order valence-corrected chi connectivity index (χ4v) is 1.98. The van der Waals surface area contributed by atoms with Crippen LogP contribution in [0.1, 0.15) is 18.6 Å². The number of aryl methyl sites for hydroxylation is 1. The first-order valence-electron chi connectivity index (χ1n) is 5.19. The number of nitrogens with one attached hydrogen (secondary N) is 1. The van der Waals surface area contributed by atoms with Gasteiger partial charge < -0.3 is 9.84 Å². The quantitative estimate of drug-likeness (QED) is 0.864. The van der Waals surface area contributed by atoms with E-state index in [0.29, 0.717) is 18.3 Å². The van der Waals surface area contributed by atoms with Crippen molar-refractivity contribution in [2.45, 2.75) is 19.9 Å². The molecule has 0 saturated carbocycles. The molecule has 1 N–H and O–H groups in total. The number of aromatic nitrogens is 2. The van der Waals surface area contributed by atoms with E-state index in [1.807, 2.05) is 6.92 Å². The summed E-state index contributed by atoms with van der Waals surface area (Å²) in [7, 11) is 0. The highest BCUT2D eigenvalue weighted by Crippen LogP contribution is 2.19. The van der Waals surface area contributed by atoms with Crippen molar-refractivity contribution in [1.82, 2.24) is 10.1 Å². The molecule has 1 aromatic heterocycles. The zero-order valence-electron chi connectivity index (χ0n) is 9.20. The van der Waals surface area contributed by atoms with Gasteiger partial charge in [-0.15, -0.1) is 0 Å². The van der Waals surface area contributed by atoms with Crippen molar-refractivity contribution in [2.75, 3.05) is 5.32 Å². The van der Waals surface area contributed by atoms with Crippen molar-refractivity contribution in [2.24, 2.45) is 0 Å². The Labute approximate surface area is 112 Å². The highest BCUT2D eigenvalue weighted by atomic mass is 127. The van der Waals surface area contributed by atoms with Crippen LogP contribution in [0.4, 0.5) is 10.1 Å². The number of halogens is 2. The number of hydrogen-bond donors (Lipinski definition) is 1. The van der Waals surface area contributed by atoms with Gasteiger partial charge >= 0.3 is 0 Å². The predicted molar refractivity (Wildman–Crippen MR) is 70.1 cm³/mol. The van der Waals surface area contributed by atoms with Crippen LogP contribution in [0.5, 0.6) is 0 Å². The Morgan fingerprint density at radius 3 is 2.94 bits per heavy atom. The van der Waals surface area contributed by atoms with Crippen molar-refractivity contribution in [3.63, 3.8) is 0 Å². The lowest BCUT2D eigenvalue weighted by Crippen LogP contribution is -2.03. The van der Waals surface area contributed by atoms with Crippen molar-refractivity contribution in [3.05, 3.63) is 39.3 Å². The molecule has 6 heteroatoms. The Balaban J connectivity index is 2.02. The number of hydrogen-bond acceptors (Lipinski definition) is 4. The van der Waals surface area contributed by atoms with Gasteiger partial charge in [-0.05, 0) is 40.8 Å². The lowest BCUT2D eigenvalue weighted by atomic mass is 10.3. The van der Waals surface area contributed by atoms with E-state index in [1.165, 1.54) is 12.1 Å².